The van der Waals surface area contributed by atoms with Crippen molar-refractivity contribution in [2.75, 3.05) is 5.32 Å². The molecule has 0 aliphatic carbocycles. The molecule has 2 aromatic carbocycles. The third-order valence-electron chi connectivity index (χ3n) is 2.89. The fraction of sp³-hybridized carbons (Fsp3) is 0.0588. The Morgan fingerprint density at radius 1 is 1.11 bits per heavy atom. The van der Waals surface area contributed by atoms with Crippen molar-refractivity contribution in [3.8, 4) is 0 Å². The van der Waals surface area contributed by atoms with Gasteiger partial charge in [0.05, 0.1) is 0 Å². The van der Waals surface area contributed by atoms with Crippen molar-refractivity contribution in [2.24, 2.45) is 0 Å². The summed E-state index contributed by atoms with van der Waals surface area (Å²) in [5.41, 5.74) is 5.39. The second-order valence-corrected chi connectivity index (χ2v) is 4.25. The van der Waals surface area contributed by atoms with Crippen LogP contribution in [0.15, 0.2) is 61.7 Å². The van der Waals surface area contributed by atoms with Gasteiger partial charge in [-0.15, -0.1) is 0 Å². The number of anilines is 1. The molecule has 0 atom stereocenters. The normalized spacial score (nSPS) is 9.83. The van der Waals surface area contributed by atoms with Crippen LogP contribution in [0.2, 0.25) is 0 Å². The second kappa shape index (κ2) is 5.37. The molecule has 1 heteroatoms. The molecule has 2 rings (SSSR count). The molecule has 0 unspecified atom stereocenters. The topological polar surface area (TPSA) is 12.0 Å². The largest absolute Gasteiger partial charge is 0.355 e. The van der Waals surface area contributed by atoms with Crippen molar-refractivity contribution in [1.29, 1.82) is 0 Å². The number of hydrogen-bond acceptors (Lipinski definition) is 1. The molecule has 0 aromatic heterocycles. The van der Waals surface area contributed by atoms with E-state index in [0.717, 1.165) is 22.5 Å². The van der Waals surface area contributed by atoms with Gasteiger partial charge >= 0.3 is 0 Å². The van der Waals surface area contributed by atoms with Gasteiger partial charge in [0, 0.05) is 16.9 Å². The highest BCUT2D eigenvalue weighted by Gasteiger charge is 2.02. The lowest BCUT2D eigenvalue weighted by atomic mass is 10.1. The van der Waals surface area contributed by atoms with Gasteiger partial charge < -0.3 is 5.32 Å². The first kappa shape index (κ1) is 12.2. The van der Waals surface area contributed by atoms with Gasteiger partial charge in [-0.2, -0.15) is 0 Å². The molecule has 1 nitrogen and oxygen atoms in total. The van der Waals surface area contributed by atoms with Crippen LogP contribution in [-0.4, -0.2) is 0 Å². The van der Waals surface area contributed by atoms with Gasteiger partial charge in [0.1, 0.15) is 0 Å². The van der Waals surface area contributed by atoms with E-state index in [4.69, 9.17) is 0 Å². The summed E-state index contributed by atoms with van der Waals surface area (Å²) in [5.74, 6) is 0. The fourth-order valence-corrected chi connectivity index (χ4v) is 1.90. The van der Waals surface area contributed by atoms with Crippen LogP contribution in [-0.2, 0) is 0 Å². The molecule has 0 saturated heterocycles. The Balaban J connectivity index is 2.21. The van der Waals surface area contributed by atoms with E-state index in [1.54, 1.807) is 0 Å². The summed E-state index contributed by atoms with van der Waals surface area (Å²) in [6, 6.07) is 16.3. The highest BCUT2D eigenvalue weighted by Crippen LogP contribution is 2.20. The second-order valence-electron chi connectivity index (χ2n) is 4.25. The van der Waals surface area contributed by atoms with Gasteiger partial charge in [0.25, 0.3) is 0 Å². The summed E-state index contributed by atoms with van der Waals surface area (Å²) >= 11 is 0. The molecule has 0 aliphatic rings. The number of aryl methyl sites for hydroxylation is 1. The van der Waals surface area contributed by atoms with Crippen LogP contribution in [0.3, 0.4) is 0 Å². The summed E-state index contributed by atoms with van der Waals surface area (Å²) in [6.45, 7) is 9.96. The Kier molecular flexibility index (Phi) is 3.63. The monoisotopic (exact) mass is 235 g/mol. The standard InChI is InChI=1S/C17H17N/c1-4-15-9-7-10-16(12-15)18-14(3)17-11-6-5-8-13(17)2/h4-12,18H,1,3H2,2H3. The zero-order chi connectivity index (χ0) is 13.0. The quantitative estimate of drug-likeness (QED) is 0.808. The Hall–Kier alpha value is -2.28. The Labute approximate surface area is 108 Å². The lowest BCUT2D eigenvalue weighted by molar-refractivity contribution is 1.41. The zero-order valence-corrected chi connectivity index (χ0v) is 10.6. The van der Waals surface area contributed by atoms with Gasteiger partial charge in [-0.05, 0) is 30.2 Å². The van der Waals surface area contributed by atoms with Crippen LogP contribution in [0.1, 0.15) is 16.7 Å². The summed E-state index contributed by atoms with van der Waals surface area (Å²) in [6.07, 6.45) is 1.84. The molecule has 0 bridgehead atoms. The highest BCUT2D eigenvalue weighted by atomic mass is 14.9. The van der Waals surface area contributed by atoms with Gasteiger partial charge in [-0.25, -0.2) is 0 Å². The van der Waals surface area contributed by atoms with Crippen molar-refractivity contribution >= 4 is 17.5 Å². The van der Waals surface area contributed by atoms with Gasteiger partial charge in [-0.1, -0.05) is 55.6 Å². The summed E-state index contributed by atoms with van der Waals surface area (Å²) in [7, 11) is 0. The number of hydrogen-bond donors (Lipinski definition) is 1. The first-order chi connectivity index (χ1) is 8.70. The Morgan fingerprint density at radius 2 is 1.89 bits per heavy atom. The van der Waals surface area contributed by atoms with Crippen molar-refractivity contribution < 1.29 is 0 Å². The van der Waals surface area contributed by atoms with E-state index in [9.17, 15) is 0 Å². The van der Waals surface area contributed by atoms with Crippen molar-refractivity contribution in [2.45, 2.75) is 6.92 Å². The van der Waals surface area contributed by atoms with Crippen LogP contribution in [0, 0.1) is 6.92 Å². The molecule has 0 amide bonds. The van der Waals surface area contributed by atoms with Crippen molar-refractivity contribution in [3.63, 3.8) is 0 Å². The average Bonchev–Trinajstić information content (AvgIpc) is 2.39. The third-order valence-corrected chi connectivity index (χ3v) is 2.89. The maximum absolute atomic E-state index is 4.10. The van der Waals surface area contributed by atoms with Gasteiger partial charge in [-0.3, -0.25) is 0 Å². The van der Waals surface area contributed by atoms with E-state index in [0.29, 0.717) is 0 Å². The van der Waals surface area contributed by atoms with Crippen LogP contribution in [0.5, 0.6) is 0 Å². The molecule has 0 spiro atoms. The number of benzene rings is 2. The molecular formula is C17H17N. The average molecular weight is 235 g/mol. The molecule has 1 N–H and O–H groups in total. The molecule has 0 saturated carbocycles. The Morgan fingerprint density at radius 3 is 2.61 bits per heavy atom. The zero-order valence-electron chi connectivity index (χ0n) is 10.6. The minimum Gasteiger partial charge on any atom is -0.355 e. The van der Waals surface area contributed by atoms with Crippen molar-refractivity contribution in [1.82, 2.24) is 0 Å². The molecule has 0 fully saturated rings. The molecule has 18 heavy (non-hydrogen) atoms. The van der Waals surface area contributed by atoms with Gasteiger partial charge in [0.2, 0.25) is 0 Å². The third kappa shape index (κ3) is 2.69. The molecule has 0 heterocycles. The molecule has 0 radical (unpaired) electrons. The maximum atomic E-state index is 4.10. The van der Waals surface area contributed by atoms with E-state index in [1.165, 1.54) is 5.56 Å². The molecule has 2 aromatic rings. The first-order valence-electron chi connectivity index (χ1n) is 5.95. The first-order valence-corrected chi connectivity index (χ1v) is 5.95. The van der Waals surface area contributed by atoms with E-state index in [-0.39, 0.29) is 0 Å². The Bertz CT molecular complexity index is 582. The van der Waals surface area contributed by atoms with Crippen LogP contribution in [0.25, 0.3) is 11.8 Å². The highest BCUT2D eigenvalue weighted by molar-refractivity contribution is 5.77. The van der Waals surface area contributed by atoms with E-state index in [2.05, 4.69) is 43.6 Å². The summed E-state index contributed by atoms with van der Waals surface area (Å²) < 4.78 is 0. The van der Waals surface area contributed by atoms with E-state index in [1.807, 2.05) is 36.4 Å². The predicted octanol–water partition coefficient (Wildman–Crippen LogP) is 4.72. The van der Waals surface area contributed by atoms with E-state index < -0.39 is 0 Å². The SMILES string of the molecule is C=Cc1cccc(NC(=C)c2ccccc2C)c1. The number of nitrogens with one attached hydrogen (secondary N) is 1. The van der Waals surface area contributed by atoms with Crippen LogP contribution < -0.4 is 5.32 Å². The van der Waals surface area contributed by atoms with Gasteiger partial charge in [0.15, 0.2) is 0 Å². The predicted molar refractivity (Wildman–Crippen MR) is 80.4 cm³/mol. The lowest BCUT2D eigenvalue weighted by Crippen LogP contribution is -1.99. The van der Waals surface area contributed by atoms with Crippen molar-refractivity contribution in [3.05, 3.63) is 78.4 Å². The minimum absolute atomic E-state index is 0.911. The van der Waals surface area contributed by atoms with Crippen LogP contribution >= 0.6 is 0 Å². The number of rotatable bonds is 4. The smallest absolute Gasteiger partial charge is 0.0390 e. The van der Waals surface area contributed by atoms with E-state index >= 15 is 0 Å². The lowest BCUT2D eigenvalue weighted by Gasteiger charge is -2.12. The summed E-state index contributed by atoms with van der Waals surface area (Å²) in [5, 5.41) is 3.33. The summed E-state index contributed by atoms with van der Waals surface area (Å²) in [4.78, 5) is 0. The molecule has 0 aliphatic heterocycles. The maximum Gasteiger partial charge on any atom is 0.0390 e. The molecular weight excluding hydrogens is 218 g/mol. The fourth-order valence-electron chi connectivity index (χ4n) is 1.90. The molecule has 90 valence electrons. The van der Waals surface area contributed by atoms with Crippen LogP contribution in [0.4, 0.5) is 5.69 Å². The minimum atomic E-state index is 0.911.